The minimum atomic E-state index is 0.297. The van der Waals surface area contributed by atoms with Crippen LogP contribution in [0.25, 0.3) is 0 Å². The maximum absolute atomic E-state index is 5.49. The highest BCUT2D eigenvalue weighted by Gasteiger charge is 1.95. The molecule has 0 fully saturated rings. The van der Waals surface area contributed by atoms with Gasteiger partial charge in [-0.25, -0.2) is 4.98 Å². The number of aromatic nitrogens is 2. The molecule has 3 N–H and O–H groups in total. The number of rotatable bonds is 5. The van der Waals surface area contributed by atoms with E-state index in [9.17, 15) is 0 Å². The molecular formula is C12H14N4S. The van der Waals surface area contributed by atoms with Gasteiger partial charge in [0.2, 0.25) is 5.95 Å². The molecule has 88 valence electrons. The minimum Gasteiger partial charge on any atom is -0.369 e. The normalized spacial score (nSPS) is 10.1. The van der Waals surface area contributed by atoms with E-state index in [4.69, 9.17) is 5.73 Å². The Morgan fingerprint density at radius 2 is 2.00 bits per heavy atom. The Morgan fingerprint density at radius 3 is 2.76 bits per heavy atom. The van der Waals surface area contributed by atoms with E-state index in [0.717, 1.165) is 18.1 Å². The molecule has 0 saturated heterocycles. The molecule has 1 heterocycles. The van der Waals surface area contributed by atoms with Crippen LogP contribution in [0.3, 0.4) is 0 Å². The molecule has 17 heavy (non-hydrogen) atoms. The van der Waals surface area contributed by atoms with Crippen molar-refractivity contribution in [1.29, 1.82) is 0 Å². The summed E-state index contributed by atoms with van der Waals surface area (Å²) >= 11 is 1.81. The molecule has 1 aromatic carbocycles. The number of hydrogen-bond acceptors (Lipinski definition) is 5. The number of anilines is 2. The van der Waals surface area contributed by atoms with Crippen LogP contribution in [-0.2, 0) is 0 Å². The van der Waals surface area contributed by atoms with Crippen molar-refractivity contribution in [3.05, 3.63) is 42.6 Å². The highest BCUT2D eigenvalue weighted by Crippen LogP contribution is 2.16. The standard InChI is InChI=1S/C12H14N4S/c13-12-15-7-6-11(16-12)14-8-9-17-10-4-2-1-3-5-10/h1-7H,8-9H2,(H3,13,14,15,16). The van der Waals surface area contributed by atoms with Gasteiger partial charge in [0.1, 0.15) is 5.82 Å². The topological polar surface area (TPSA) is 63.8 Å². The van der Waals surface area contributed by atoms with Gasteiger partial charge in [-0.1, -0.05) is 18.2 Å². The van der Waals surface area contributed by atoms with Crippen LogP contribution >= 0.6 is 11.8 Å². The molecule has 0 aliphatic rings. The molecule has 0 spiro atoms. The van der Waals surface area contributed by atoms with Gasteiger partial charge >= 0.3 is 0 Å². The fraction of sp³-hybridized carbons (Fsp3) is 0.167. The number of nitrogens with zero attached hydrogens (tertiary/aromatic N) is 2. The Hall–Kier alpha value is -1.75. The van der Waals surface area contributed by atoms with Gasteiger partial charge in [0.05, 0.1) is 0 Å². The Kier molecular flexibility index (Phi) is 4.21. The van der Waals surface area contributed by atoms with Crippen LogP contribution in [0.4, 0.5) is 11.8 Å². The van der Waals surface area contributed by atoms with Crippen LogP contribution in [0.1, 0.15) is 0 Å². The van der Waals surface area contributed by atoms with E-state index in [2.05, 4.69) is 27.4 Å². The number of benzene rings is 1. The summed E-state index contributed by atoms with van der Waals surface area (Å²) in [5.41, 5.74) is 5.49. The summed E-state index contributed by atoms with van der Waals surface area (Å²) in [6, 6.07) is 12.1. The summed E-state index contributed by atoms with van der Waals surface area (Å²) in [5, 5.41) is 3.20. The fourth-order valence-electron chi connectivity index (χ4n) is 1.34. The molecule has 1 aromatic heterocycles. The number of nitrogens with one attached hydrogen (secondary N) is 1. The second-order valence-electron chi connectivity index (χ2n) is 3.39. The maximum Gasteiger partial charge on any atom is 0.221 e. The smallest absolute Gasteiger partial charge is 0.221 e. The number of nitrogen functional groups attached to an aromatic ring is 1. The number of nitrogens with two attached hydrogens (primary N) is 1. The third kappa shape index (κ3) is 3.96. The molecule has 0 radical (unpaired) electrons. The van der Waals surface area contributed by atoms with Crippen LogP contribution < -0.4 is 11.1 Å². The summed E-state index contributed by atoms with van der Waals surface area (Å²) in [6.45, 7) is 0.843. The summed E-state index contributed by atoms with van der Waals surface area (Å²) in [4.78, 5) is 9.18. The molecule has 5 heteroatoms. The predicted molar refractivity (Wildman–Crippen MR) is 72.1 cm³/mol. The van der Waals surface area contributed by atoms with Crippen molar-refractivity contribution in [3.8, 4) is 0 Å². The molecule has 0 saturated carbocycles. The van der Waals surface area contributed by atoms with E-state index >= 15 is 0 Å². The quantitative estimate of drug-likeness (QED) is 0.626. The molecule has 0 bridgehead atoms. The Balaban J connectivity index is 1.73. The largest absolute Gasteiger partial charge is 0.369 e. The molecule has 4 nitrogen and oxygen atoms in total. The van der Waals surface area contributed by atoms with E-state index < -0.39 is 0 Å². The molecular weight excluding hydrogens is 232 g/mol. The molecule has 0 aliphatic carbocycles. The molecule has 0 atom stereocenters. The van der Waals surface area contributed by atoms with Gasteiger partial charge in [-0.2, -0.15) is 4.98 Å². The van der Waals surface area contributed by atoms with Gasteiger partial charge in [-0.3, -0.25) is 0 Å². The molecule has 0 unspecified atom stereocenters. The van der Waals surface area contributed by atoms with E-state index in [1.807, 2.05) is 24.3 Å². The van der Waals surface area contributed by atoms with Crippen molar-refractivity contribution in [2.24, 2.45) is 0 Å². The van der Waals surface area contributed by atoms with Gasteiger partial charge in [-0.05, 0) is 18.2 Å². The van der Waals surface area contributed by atoms with Crippen LogP contribution in [0, 0.1) is 0 Å². The van der Waals surface area contributed by atoms with E-state index in [1.165, 1.54) is 4.90 Å². The molecule has 2 aromatic rings. The highest BCUT2D eigenvalue weighted by molar-refractivity contribution is 7.99. The summed E-state index contributed by atoms with van der Waals surface area (Å²) < 4.78 is 0. The van der Waals surface area contributed by atoms with Crippen LogP contribution in [0.2, 0.25) is 0 Å². The molecule has 2 rings (SSSR count). The van der Waals surface area contributed by atoms with Crippen molar-refractivity contribution in [2.45, 2.75) is 4.90 Å². The lowest BCUT2D eigenvalue weighted by atomic mass is 10.4. The Labute approximate surface area is 105 Å². The third-order valence-electron chi connectivity index (χ3n) is 2.09. The number of thioether (sulfide) groups is 1. The summed E-state index contributed by atoms with van der Waals surface area (Å²) in [5.74, 6) is 2.05. The second-order valence-corrected chi connectivity index (χ2v) is 4.56. The van der Waals surface area contributed by atoms with Crippen LogP contribution in [0.15, 0.2) is 47.5 Å². The van der Waals surface area contributed by atoms with Gasteiger partial charge < -0.3 is 11.1 Å². The lowest BCUT2D eigenvalue weighted by molar-refractivity contribution is 1.13. The predicted octanol–water partition coefficient (Wildman–Crippen LogP) is 2.26. The monoisotopic (exact) mass is 246 g/mol. The van der Waals surface area contributed by atoms with Gasteiger partial charge in [0.25, 0.3) is 0 Å². The van der Waals surface area contributed by atoms with Crippen LogP contribution in [0.5, 0.6) is 0 Å². The lowest BCUT2D eigenvalue weighted by Gasteiger charge is -2.05. The summed E-state index contributed by atoms with van der Waals surface area (Å²) in [6.07, 6.45) is 1.65. The fourth-order valence-corrected chi connectivity index (χ4v) is 2.13. The lowest BCUT2D eigenvalue weighted by Crippen LogP contribution is -2.07. The first-order valence-corrected chi connectivity index (χ1v) is 6.33. The van der Waals surface area contributed by atoms with Crippen molar-refractivity contribution in [2.75, 3.05) is 23.3 Å². The van der Waals surface area contributed by atoms with Gasteiger partial charge in [0, 0.05) is 23.4 Å². The van der Waals surface area contributed by atoms with Gasteiger partial charge in [-0.15, -0.1) is 11.8 Å². The molecule has 0 amide bonds. The zero-order valence-corrected chi connectivity index (χ0v) is 10.2. The van der Waals surface area contributed by atoms with Crippen molar-refractivity contribution < 1.29 is 0 Å². The Morgan fingerprint density at radius 1 is 1.18 bits per heavy atom. The number of hydrogen-bond donors (Lipinski definition) is 2. The third-order valence-corrected chi connectivity index (χ3v) is 3.11. The Bertz CT molecular complexity index is 461. The van der Waals surface area contributed by atoms with E-state index in [-0.39, 0.29) is 0 Å². The zero-order chi connectivity index (χ0) is 11.9. The van der Waals surface area contributed by atoms with Gasteiger partial charge in [0.15, 0.2) is 0 Å². The van der Waals surface area contributed by atoms with Crippen LogP contribution in [-0.4, -0.2) is 22.3 Å². The zero-order valence-electron chi connectivity index (χ0n) is 9.34. The van der Waals surface area contributed by atoms with E-state index in [1.54, 1.807) is 18.0 Å². The maximum atomic E-state index is 5.49. The van der Waals surface area contributed by atoms with E-state index in [0.29, 0.717) is 5.95 Å². The summed E-state index contributed by atoms with van der Waals surface area (Å²) in [7, 11) is 0. The highest BCUT2D eigenvalue weighted by atomic mass is 32.2. The SMILES string of the molecule is Nc1nccc(NCCSc2ccccc2)n1. The first-order valence-electron chi connectivity index (χ1n) is 5.35. The average molecular weight is 246 g/mol. The van der Waals surface area contributed by atoms with Crippen molar-refractivity contribution in [3.63, 3.8) is 0 Å². The first kappa shape index (κ1) is 11.7. The first-order chi connectivity index (χ1) is 8.34. The molecule has 0 aliphatic heterocycles. The van der Waals surface area contributed by atoms with Crippen molar-refractivity contribution >= 4 is 23.5 Å². The minimum absolute atomic E-state index is 0.297. The second kappa shape index (κ2) is 6.10. The van der Waals surface area contributed by atoms with Crippen molar-refractivity contribution in [1.82, 2.24) is 9.97 Å². The average Bonchev–Trinajstić information content (AvgIpc) is 2.36.